The van der Waals surface area contributed by atoms with Gasteiger partial charge in [0.05, 0.1) is 5.56 Å². The van der Waals surface area contributed by atoms with Crippen LogP contribution in [0, 0.1) is 5.82 Å². The quantitative estimate of drug-likeness (QED) is 0.846. The molecule has 0 aliphatic carbocycles. The van der Waals surface area contributed by atoms with Crippen LogP contribution in [0.4, 0.5) is 4.39 Å². The summed E-state index contributed by atoms with van der Waals surface area (Å²) in [5, 5.41) is 2.23. The van der Waals surface area contributed by atoms with Gasteiger partial charge < -0.3 is 4.90 Å². The van der Waals surface area contributed by atoms with Crippen LogP contribution >= 0.6 is 0 Å². The number of hydrogen-bond donors (Lipinski definition) is 1. The number of benzene rings is 1. The van der Waals surface area contributed by atoms with Crippen molar-refractivity contribution in [3.63, 3.8) is 0 Å². The van der Waals surface area contributed by atoms with E-state index in [0.717, 1.165) is 0 Å². The van der Waals surface area contributed by atoms with Crippen LogP contribution in [-0.4, -0.2) is 28.7 Å². The monoisotopic (exact) mass is 304 g/mol. The molecule has 1 N–H and O–H groups in total. The highest BCUT2D eigenvalue weighted by molar-refractivity contribution is 6.05. The second kappa shape index (κ2) is 5.19. The molecule has 0 radical (unpaired) electrons. The summed E-state index contributed by atoms with van der Waals surface area (Å²) in [6, 6.07) is 2.73. The SMILES string of the molecule is CC(C)c1ccc2c(c1F)C(=O)N(C1CCC(=O)NC1=O)C2. The molecule has 1 aromatic carbocycles. The summed E-state index contributed by atoms with van der Waals surface area (Å²) < 4.78 is 14.6. The number of imide groups is 1. The third-order valence-corrected chi connectivity index (χ3v) is 4.28. The van der Waals surface area contributed by atoms with Crippen LogP contribution in [0.5, 0.6) is 0 Å². The van der Waals surface area contributed by atoms with E-state index in [1.807, 2.05) is 13.8 Å². The van der Waals surface area contributed by atoms with Crippen molar-refractivity contribution in [2.24, 2.45) is 0 Å². The van der Waals surface area contributed by atoms with Crippen LogP contribution in [0.25, 0.3) is 0 Å². The van der Waals surface area contributed by atoms with Crippen molar-refractivity contribution in [1.82, 2.24) is 10.2 Å². The molecular weight excluding hydrogens is 287 g/mol. The van der Waals surface area contributed by atoms with Gasteiger partial charge >= 0.3 is 0 Å². The highest BCUT2D eigenvalue weighted by Crippen LogP contribution is 2.32. The van der Waals surface area contributed by atoms with Gasteiger partial charge in [-0.05, 0) is 23.5 Å². The summed E-state index contributed by atoms with van der Waals surface area (Å²) in [5.74, 6) is -1.81. The Balaban J connectivity index is 1.93. The molecule has 1 aromatic rings. The van der Waals surface area contributed by atoms with Gasteiger partial charge in [0.15, 0.2) is 0 Å². The van der Waals surface area contributed by atoms with Crippen molar-refractivity contribution in [2.75, 3.05) is 0 Å². The lowest BCUT2D eigenvalue weighted by Crippen LogP contribution is -2.52. The zero-order chi connectivity index (χ0) is 16.0. The van der Waals surface area contributed by atoms with E-state index in [1.165, 1.54) is 4.90 Å². The van der Waals surface area contributed by atoms with Crippen LogP contribution in [0.1, 0.15) is 54.1 Å². The van der Waals surface area contributed by atoms with E-state index in [0.29, 0.717) is 11.1 Å². The fourth-order valence-electron chi connectivity index (χ4n) is 3.07. The van der Waals surface area contributed by atoms with Gasteiger partial charge in [-0.15, -0.1) is 0 Å². The van der Waals surface area contributed by atoms with Crippen LogP contribution in [0.2, 0.25) is 0 Å². The lowest BCUT2D eigenvalue weighted by atomic mass is 9.97. The summed E-state index contributed by atoms with van der Waals surface area (Å²) in [6.45, 7) is 3.93. The first-order valence-electron chi connectivity index (χ1n) is 7.36. The summed E-state index contributed by atoms with van der Waals surface area (Å²) in [4.78, 5) is 37.0. The topological polar surface area (TPSA) is 66.5 Å². The zero-order valence-corrected chi connectivity index (χ0v) is 12.5. The second-order valence-electron chi connectivity index (χ2n) is 6.06. The molecule has 2 aliphatic heterocycles. The molecule has 2 aliphatic rings. The predicted octanol–water partition coefficient (Wildman–Crippen LogP) is 1.71. The van der Waals surface area contributed by atoms with Gasteiger partial charge in [-0.1, -0.05) is 26.0 Å². The molecule has 3 amide bonds. The summed E-state index contributed by atoms with van der Waals surface area (Å²) >= 11 is 0. The molecule has 0 aromatic heterocycles. The molecule has 2 heterocycles. The molecule has 0 spiro atoms. The van der Waals surface area contributed by atoms with Gasteiger partial charge in [0.2, 0.25) is 11.8 Å². The molecule has 3 rings (SSSR count). The first-order chi connectivity index (χ1) is 10.4. The minimum absolute atomic E-state index is 0.0252. The highest BCUT2D eigenvalue weighted by atomic mass is 19.1. The van der Waals surface area contributed by atoms with Gasteiger partial charge in [0.25, 0.3) is 5.91 Å². The summed E-state index contributed by atoms with van der Waals surface area (Å²) in [7, 11) is 0. The Hall–Kier alpha value is -2.24. The maximum atomic E-state index is 14.6. The van der Waals surface area contributed by atoms with E-state index in [4.69, 9.17) is 0 Å². The molecule has 1 saturated heterocycles. The molecule has 0 saturated carbocycles. The third-order valence-electron chi connectivity index (χ3n) is 4.28. The van der Waals surface area contributed by atoms with E-state index < -0.39 is 23.7 Å². The summed E-state index contributed by atoms with van der Waals surface area (Å²) in [5.41, 5.74) is 1.16. The van der Waals surface area contributed by atoms with Crippen LogP contribution < -0.4 is 5.32 Å². The minimum atomic E-state index is -0.709. The fraction of sp³-hybridized carbons (Fsp3) is 0.438. The number of nitrogens with zero attached hydrogens (tertiary/aromatic N) is 1. The number of nitrogens with one attached hydrogen (secondary N) is 1. The Morgan fingerprint density at radius 3 is 2.64 bits per heavy atom. The Bertz CT molecular complexity index is 684. The maximum absolute atomic E-state index is 14.6. The van der Waals surface area contributed by atoms with Crippen molar-refractivity contribution in [1.29, 1.82) is 0 Å². The Morgan fingerprint density at radius 2 is 2.00 bits per heavy atom. The molecule has 6 heteroatoms. The predicted molar refractivity (Wildman–Crippen MR) is 76.5 cm³/mol. The van der Waals surface area contributed by atoms with Gasteiger partial charge in [0, 0.05) is 13.0 Å². The van der Waals surface area contributed by atoms with Crippen molar-refractivity contribution in [2.45, 2.75) is 45.2 Å². The van der Waals surface area contributed by atoms with E-state index in [-0.39, 0.29) is 36.8 Å². The standard InChI is InChI=1S/C16H17FN2O3/c1-8(2)10-4-3-9-7-19(16(22)13(9)14(10)17)11-5-6-12(20)18-15(11)21/h3-4,8,11H,5-7H2,1-2H3,(H,18,20,21). The number of halogens is 1. The van der Waals surface area contributed by atoms with E-state index >= 15 is 0 Å². The number of rotatable bonds is 2. The molecule has 0 bridgehead atoms. The van der Waals surface area contributed by atoms with Crippen molar-refractivity contribution < 1.29 is 18.8 Å². The highest BCUT2D eigenvalue weighted by Gasteiger charge is 2.40. The molecular formula is C16H17FN2O3. The van der Waals surface area contributed by atoms with Crippen LogP contribution in [0.3, 0.4) is 0 Å². The Labute approximate surface area is 127 Å². The average molecular weight is 304 g/mol. The first kappa shape index (κ1) is 14.7. The van der Waals surface area contributed by atoms with Gasteiger partial charge in [-0.25, -0.2) is 4.39 Å². The maximum Gasteiger partial charge on any atom is 0.258 e. The van der Waals surface area contributed by atoms with E-state index in [2.05, 4.69) is 5.32 Å². The van der Waals surface area contributed by atoms with Crippen LogP contribution in [-0.2, 0) is 16.1 Å². The van der Waals surface area contributed by atoms with Crippen molar-refractivity contribution >= 4 is 17.7 Å². The Morgan fingerprint density at radius 1 is 1.27 bits per heavy atom. The Kier molecular flexibility index (Phi) is 3.47. The lowest BCUT2D eigenvalue weighted by Gasteiger charge is -2.29. The molecule has 5 nitrogen and oxygen atoms in total. The molecule has 1 fully saturated rings. The largest absolute Gasteiger partial charge is 0.322 e. The van der Waals surface area contributed by atoms with E-state index in [9.17, 15) is 18.8 Å². The zero-order valence-electron chi connectivity index (χ0n) is 12.5. The number of fused-ring (bicyclic) bond motifs is 1. The minimum Gasteiger partial charge on any atom is -0.322 e. The normalized spacial score (nSPS) is 21.4. The molecule has 1 unspecified atom stereocenters. The van der Waals surface area contributed by atoms with Gasteiger partial charge in [-0.3, -0.25) is 19.7 Å². The fourth-order valence-corrected chi connectivity index (χ4v) is 3.07. The lowest BCUT2D eigenvalue weighted by molar-refractivity contribution is -0.136. The second-order valence-corrected chi connectivity index (χ2v) is 6.06. The number of carbonyl (C=O) groups excluding carboxylic acids is 3. The number of hydrogen-bond acceptors (Lipinski definition) is 3. The number of amides is 3. The van der Waals surface area contributed by atoms with Gasteiger partial charge in [0.1, 0.15) is 11.9 Å². The van der Waals surface area contributed by atoms with Crippen molar-refractivity contribution in [3.8, 4) is 0 Å². The average Bonchev–Trinajstić information content (AvgIpc) is 2.77. The third kappa shape index (κ3) is 2.19. The molecule has 22 heavy (non-hydrogen) atoms. The first-order valence-corrected chi connectivity index (χ1v) is 7.36. The van der Waals surface area contributed by atoms with Gasteiger partial charge in [-0.2, -0.15) is 0 Å². The van der Waals surface area contributed by atoms with E-state index in [1.54, 1.807) is 12.1 Å². The van der Waals surface area contributed by atoms with Crippen molar-refractivity contribution in [3.05, 3.63) is 34.6 Å². The van der Waals surface area contributed by atoms with Crippen LogP contribution in [0.15, 0.2) is 12.1 Å². The molecule has 1 atom stereocenters. The summed E-state index contributed by atoms with van der Waals surface area (Å²) in [6.07, 6.45) is 0.472. The molecule has 116 valence electrons. The smallest absolute Gasteiger partial charge is 0.258 e. The number of carbonyl (C=O) groups is 3. The number of piperidine rings is 1.